The highest BCUT2D eigenvalue weighted by Gasteiger charge is 2.31. The number of rotatable bonds is 3. The molecule has 16 heavy (non-hydrogen) atoms. The lowest BCUT2D eigenvalue weighted by Gasteiger charge is -2.37. The van der Waals surface area contributed by atoms with Crippen molar-refractivity contribution in [1.29, 1.82) is 0 Å². The van der Waals surface area contributed by atoms with Crippen LogP contribution in [-0.4, -0.2) is 25.4 Å². The Bertz CT molecular complexity index is 205. The molecule has 2 heteroatoms. The van der Waals surface area contributed by atoms with Crippen LogP contribution in [-0.2, 0) is 9.47 Å². The maximum Gasteiger partial charge on any atom is 0.0840 e. The van der Waals surface area contributed by atoms with Crippen LogP contribution in [0.15, 0.2) is 0 Å². The second kappa shape index (κ2) is 6.02. The highest BCUT2D eigenvalue weighted by Crippen LogP contribution is 2.31. The number of methoxy groups -OCH3 is 1. The normalized spacial score (nSPS) is 40.9. The van der Waals surface area contributed by atoms with Crippen molar-refractivity contribution < 1.29 is 9.47 Å². The molecule has 0 spiro atoms. The second-order valence-corrected chi connectivity index (χ2v) is 5.53. The molecule has 0 saturated heterocycles. The Morgan fingerprint density at radius 1 is 0.750 bits per heavy atom. The van der Waals surface area contributed by atoms with E-state index in [1.807, 2.05) is 7.11 Å². The van der Waals surface area contributed by atoms with E-state index in [1.54, 1.807) is 0 Å². The first kappa shape index (κ1) is 12.4. The minimum atomic E-state index is 0.350. The Balaban J connectivity index is 1.86. The fourth-order valence-corrected chi connectivity index (χ4v) is 3.20. The van der Waals surface area contributed by atoms with Crippen LogP contribution in [0, 0.1) is 5.92 Å². The van der Waals surface area contributed by atoms with Crippen LogP contribution in [0.4, 0.5) is 0 Å². The second-order valence-electron chi connectivity index (χ2n) is 5.53. The van der Waals surface area contributed by atoms with Crippen molar-refractivity contribution in [3.63, 3.8) is 0 Å². The summed E-state index contributed by atoms with van der Waals surface area (Å²) in [6.45, 7) is 2.34. The van der Waals surface area contributed by atoms with Crippen LogP contribution in [0.5, 0.6) is 0 Å². The molecule has 0 N–H and O–H groups in total. The fraction of sp³-hybridized carbons (Fsp3) is 1.00. The molecule has 2 aliphatic rings. The van der Waals surface area contributed by atoms with Crippen molar-refractivity contribution in [2.75, 3.05) is 7.11 Å². The van der Waals surface area contributed by atoms with E-state index in [1.165, 1.54) is 51.4 Å². The number of hydrogen-bond donors (Lipinski definition) is 0. The van der Waals surface area contributed by atoms with E-state index in [-0.39, 0.29) is 0 Å². The van der Waals surface area contributed by atoms with Gasteiger partial charge in [0.25, 0.3) is 0 Å². The van der Waals surface area contributed by atoms with Crippen LogP contribution < -0.4 is 0 Å². The van der Waals surface area contributed by atoms with E-state index >= 15 is 0 Å². The van der Waals surface area contributed by atoms with E-state index in [4.69, 9.17) is 9.47 Å². The maximum atomic E-state index is 6.32. The molecule has 2 rings (SSSR count). The maximum absolute atomic E-state index is 6.32. The van der Waals surface area contributed by atoms with Crippen molar-refractivity contribution in [3.05, 3.63) is 0 Å². The fourth-order valence-electron chi connectivity index (χ4n) is 3.20. The topological polar surface area (TPSA) is 18.5 Å². The molecule has 2 fully saturated rings. The average Bonchev–Trinajstić information content (AvgIpc) is 2.33. The standard InChI is InChI=1S/C14H26O2/c1-11-7-3-4-8-12(11)16-14-10-6-5-9-13(14)15-2/h11-14H,3-10H2,1-2H3. The van der Waals surface area contributed by atoms with Gasteiger partial charge >= 0.3 is 0 Å². The molecule has 4 atom stereocenters. The van der Waals surface area contributed by atoms with Gasteiger partial charge in [0.2, 0.25) is 0 Å². The SMILES string of the molecule is COC1CCCCC1OC1CCCCC1C. The summed E-state index contributed by atoms with van der Waals surface area (Å²) in [5, 5.41) is 0. The van der Waals surface area contributed by atoms with Crippen molar-refractivity contribution in [2.45, 2.75) is 76.6 Å². The van der Waals surface area contributed by atoms with Gasteiger partial charge in [0.05, 0.1) is 18.3 Å². The lowest BCUT2D eigenvalue weighted by atomic mass is 9.87. The predicted molar refractivity (Wildman–Crippen MR) is 65.6 cm³/mol. The van der Waals surface area contributed by atoms with Crippen LogP contribution >= 0.6 is 0 Å². The quantitative estimate of drug-likeness (QED) is 0.733. The molecule has 4 unspecified atom stereocenters. The van der Waals surface area contributed by atoms with Crippen molar-refractivity contribution in [1.82, 2.24) is 0 Å². The summed E-state index contributed by atoms with van der Waals surface area (Å²) < 4.78 is 11.9. The van der Waals surface area contributed by atoms with Crippen molar-refractivity contribution in [3.8, 4) is 0 Å². The highest BCUT2D eigenvalue weighted by atomic mass is 16.5. The van der Waals surface area contributed by atoms with Crippen molar-refractivity contribution >= 4 is 0 Å². The van der Waals surface area contributed by atoms with Crippen LogP contribution in [0.2, 0.25) is 0 Å². The van der Waals surface area contributed by atoms with E-state index in [0.717, 1.165) is 5.92 Å². The smallest absolute Gasteiger partial charge is 0.0840 e. The Morgan fingerprint density at radius 3 is 1.94 bits per heavy atom. The summed E-state index contributed by atoms with van der Waals surface area (Å²) in [6, 6.07) is 0. The molecule has 0 aliphatic heterocycles. The van der Waals surface area contributed by atoms with Gasteiger partial charge in [-0.2, -0.15) is 0 Å². The molecule has 0 aromatic heterocycles. The van der Waals surface area contributed by atoms with E-state index in [9.17, 15) is 0 Å². The van der Waals surface area contributed by atoms with Crippen LogP contribution in [0.1, 0.15) is 58.3 Å². The summed E-state index contributed by atoms with van der Waals surface area (Å²) in [5.41, 5.74) is 0. The lowest BCUT2D eigenvalue weighted by Crippen LogP contribution is -2.39. The van der Waals surface area contributed by atoms with Gasteiger partial charge < -0.3 is 9.47 Å². The number of hydrogen-bond acceptors (Lipinski definition) is 2. The van der Waals surface area contributed by atoms with Gasteiger partial charge in [-0.1, -0.05) is 32.6 Å². The Labute approximate surface area is 99.7 Å². The largest absolute Gasteiger partial charge is 0.379 e. The Morgan fingerprint density at radius 2 is 1.31 bits per heavy atom. The van der Waals surface area contributed by atoms with Gasteiger partial charge in [-0.3, -0.25) is 0 Å². The van der Waals surface area contributed by atoms with Gasteiger partial charge in [-0.25, -0.2) is 0 Å². The third-order valence-electron chi connectivity index (χ3n) is 4.33. The molecule has 94 valence electrons. The molecule has 2 aliphatic carbocycles. The molecule has 0 aromatic carbocycles. The third-order valence-corrected chi connectivity index (χ3v) is 4.33. The predicted octanol–water partition coefficient (Wildman–Crippen LogP) is 3.54. The lowest BCUT2D eigenvalue weighted by molar-refractivity contribution is -0.127. The van der Waals surface area contributed by atoms with Gasteiger partial charge in [-0.15, -0.1) is 0 Å². The first-order valence-electron chi connectivity index (χ1n) is 6.99. The first-order valence-corrected chi connectivity index (χ1v) is 6.99. The summed E-state index contributed by atoms with van der Waals surface area (Å²) in [4.78, 5) is 0. The average molecular weight is 226 g/mol. The molecule has 0 amide bonds. The third kappa shape index (κ3) is 2.98. The van der Waals surface area contributed by atoms with E-state index in [2.05, 4.69) is 6.92 Å². The Kier molecular flexibility index (Phi) is 4.66. The molecule has 0 heterocycles. The molecule has 0 bridgehead atoms. The summed E-state index contributed by atoms with van der Waals surface area (Å²) in [7, 11) is 1.83. The molecular formula is C14H26O2. The molecule has 0 radical (unpaired) electrons. The van der Waals surface area contributed by atoms with E-state index < -0.39 is 0 Å². The van der Waals surface area contributed by atoms with Gasteiger partial charge in [0, 0.05) is 7.11 Å². The minimum absolute atomic E-state index is 0.350. The molecule has 0 aromatic rings. The minimum Gasteiger partial charge on any atom is -0.379 e. The summed E-state index contributed by atoms with van der Waals surface area (Å²) in [5.74, 6) is 0.744. The first-order chi connectivity index (χ1) is 7.81. The monoisotopic (exact) mass is 226 g/mol. The van der Waals surface area contributed by atoms with Gasteiger partial charge in [0.15, 0.2) is 0 Å². The highest BCUT2D eigenvalue weighted by molar-refractivity contribution is 4.80. The summed E-state index contributed by atoms with van der Waals surface area (Å²) >= 11 is 0. The molecule has 2 saturated carbocycles. The van der Waals surface area contributed by atoms with Crippen LogP contribution in [0.25, 0.3) is 0 Å². The molecule has 2 nitrogen and oxygen atoms in total. The van der Waals surface area contributed by atoms with E-state index in [0.29, 0.717) is 18.3 Å². The van der Waals surface area contributed by atoms with Crippen LogP contribution in [0.3, 0.4) is 0 Å². The van der Waals surface area contributed by atoms with Gasteiger partial charge in [-0.05, 0) is 31.6 Å². The van der Waals surface area contributed by atoms with Gasteiger partial charge in [0.1, 0.15) is 0 Å². The van der Waals surface area contributed by atoms with Crippen molar-refractivity contribution in [2.24, 2.45) is 5.92 Å². The zero-order valence-corrected chi connectivity index (χ0v) is 10.8. The molecular weight excluding hydrogens is 200 g/mol. The summed E-state index contributed by atoms with van der Waals surface area (Å²) in [6.07, 6.45) is 11.5. The number of ether oxygens (including phenoxy) is 2. The Hall–Kier alpha value is -0.0800. The zero-order chi connectivity index (χ0) is 11.4. The zero-order valence-electron chi connectivity index (χ0n) is 10.8.